The molecular weight excluding hydrogens is 491 g/mol. The van der Waals surface area contributed by atoms with Crippen LogP contribution in [0.4, 0.5) is 4.39 Å². The van der Waals surface area contributed by atoms with Gasteiger partial charge in [0.1, 0.15) is 17.6 Å². The van der Waals surface area contributed by atoms with Gasteiger partial charge in [-0.15, -0.1) is 0 Å². The molecular formula is C30H32ClFN2O3. The van der Waals surface area contributed by atoms with Crippen molar-refractivity contribution in [3.63, 3.8) is 0 Å². The number of ether oxygens (including phenoxy) is 1. The lowest BCUT2D eigenvalue weighted by molar-refractivity contribution is -0.143. The van der Waals surface area contributed by atoms with Crippen LogP contribution in [-0.4, -0.2) is 35.4 Å². The minimum atomic E-state index is -0.759. The van der Waals surface area contributed by atoms with Crippen molar-refractivity contribution in [2.45, 2.75) is 57.2 Å². The molecule has 7 heteroatoms. The zero-order valence-electron chi connectivity index (χ0n) is 20.7. The summed E-state index contributed by atoms with van der Waals surface area (Å²) in [4.78, 5) is 28.9. The lowest BCUT2D eigenvalue weighted by atomic mass is 9.94. The highest BCUT2D eigenvalue weighted by Crippen LogP contribution is 2.21. The summed E-state index contributed by atoms with van der Waals surface area (Å²) in [5.41, 5.74) is 1.67. The van der Waals surface area contributed by atoms with E-state index < -0.39 is 6.04 Å². The van der Waals surface area contributed by atoms with Crippen molar-refractivity contribution in [1.29, 1.82) is 0 Å². The topological polar surface area (TPSA) is 58.6 Å². The van der Waals surface area contributed by atoms with Gasteiger partial charge in [0.2, 0.25) is 5.91 Å². The van der Waals surface area contributed by atoms with E-state index in [4.69, 9.17) is 16.3 Å². The second kappa shape index (κ2) is 13.2. The molecule has 1 fully saturated rings. The number of hydrogen-bond donors (Lipinski definition) is 1. The standard InChI is InChI=1S/C30H32ClFN2O3/c31-24-10-7-13-27(19-24)37-21-29(35)34(20-23-14-16-25(32)17-15-23)28(18-22-8-3-1-4-9-22)30(36)33-26-11-5-2-6-12-26/h1,3-4,7-10,13-17,19,26,28H,2,5-6,11-12,18,20-21H2,(H,33,36). The zero-order valence-corrected chi connectivity index (χ0v) is 21.5. The van der Waals surface area contributed by atoms with Gasteiger partial charge in [-0.05, 0) is 54.3 Å². The molecule has 5 nitrogen and oxygen atoms in total. The molecule has 0 saturated heterocycles. The molecule has 194 valence electrons. The maximum absolute atomic E-state index is 13.7. The van der Waals surface area contributed by atoms with Gasteiger partial charge in [-0.25, -0.2) is 4.39 Å². The summed E-state index contributed by atoms with van der Waals surface area (Å²) in [5.74, 6) is -0.423. The first-order valence-electron chi connectivity index (χ1n) is 12.7. The van der Waals surface area contributed by atoms with E-state index >= 15 is 0 Å². The minimum Gasteiger partial charge on any atom is -0.484 e. The Morgan fingerprint density at radius 3 is 2.38 bits per heavy atom. The van der Waals surface area contributed by atoms with Crippen LogP contribution in [0, 0.1) is 5.82 Å². The summed E-state index contributed by atoms with van der Waals surface area (Å²) in [7, 11) is 0. The fraction of sp³-hybridized carbons (Fsp3) is 0.333. The van der Waals surface area contributed by atoms with Crippen molar-refractivity contribution in [1.82, 2.24) is 10.2 Å². The number of hydrogen-bond acceptors (Lipinski definition) is 3. The summed E-state index contributed by atoms with van der Waals surface area (Å²) in [6.45, 7) is -0.114. The fourth-order valence-corrected chi connectivity index (χ4v) is 4.85. The van der Waals surface area contributed by atoms with E-state index in [9.17, 15) is 14.0 Å². The van der Waals surface area contributed by atoms with Gasteiger partial charge in [0, 0.05) is 24.0 Å². The molecule has 0 spiro atoms. The van der Waals surface area contributed by atoms with Gasteiger partial charge >= 0.3 is 0 Å². The Labute approximate surface area is 222 Å². The number of halogens is 2. The first-order chi connectivity index (χ1) is 18.0. The maximum Gasteiger partial charge on any atom is 0.261 e. The number of nitrogens with one attached hydrogen (secondary N) is 1. The molecule has 0 aromatic heterocycles. The largest absolute Gasteiger partial charge is 0.484 e. The highest BCUT2D eigenvalue weighted by Gasteiger charge is 2.32. The lowest BCUT2D eigenvalue weighted by Gasteiger charge is -2.33. The van der Waals surface area contributed by atoms with E-state index in [0.29, 0.717) is 17.2 Å². The molecule has 3 aromatic rings. The predicted molar refractivity (Wildman–Crippen MR) is 143 cm³/mol. The van der Waals surface area contributed by atoms with E-state index in [0.717, 1.165) is 36.8 Å². The molecule has 1 N–H and O–H groups in total. The Kier molecular flexibility index (Phi) is 9.55. The average molecular weight is 523 g/mol. The van der Waals surface area contributed by atoms with Gasteiger partial charge < -0.3 is 15.0 Å². The highest BCUT2D eigenvalue weighted by molar-refractivity contribution is 6.30. The van der Waals surface area contributed by atoms with Gasteiger partial charge in [0.15, 0.2) is 6.61 Å². The molecule has 37 heavy (non-hydrogen) atoms. The van der Waals surface area contributed by atoms with Gasteiger partial charge in [-0.2, -0.15) is 0 Å². The molecule has 3 aromatic carbocycles. The van der Waals surface area contributed by atoms with Crippen LogP contribution in [0.15, 0.2) is 78.9 Å². The number of carbonyl (C=O) groups is 2. The van der Waals surface area contributed by atoms with Gasteiger partial charge in [-0.1, -0.05) is 79.4 Å². The Hall–Kier alpha value is -3.38. The number of rotatable bonds is 10. The molecule has 1 aliphatic rings. The van der Waals surface area contributed by atoms with Crippen LogP contribution in [0.2, 0.25) is 5.02 Å². The molecule has 1 atom stereocenters. The van der Waals surface area contributed by atoms with Crippen molar-refractivity contribution >= 4 is 23.4 Å². The third kappa shape index (κ3) is 8.05. The molecule has 1 unspecified atom stereocenters. The van der Waals surface area contributed by atoms with Crippen LogP contribution < -0.4 is 10.1 Å². The molecule has 0 aliphatic heterocycles. The van der Waals surface area contributed by atoms with Crippen molar-refractivity contribution in [3.8, 4) is 5.75 Å². The van der Waals surface area contributed by atoms with Gasteiger partial charge in [-0.3, -0.25) is 9.59 Å². The summed E-state index contributed by atoms with van der Waals surface area (Å²) >= 11 is 6.06. The molecule has 0 radical (unpaired) electrons. The van der Waals surface area contributed by atoms with E-state index in [1.165, 1.54) is 18.6 Å². The Morgan fingerprint density at radius 1 is 0.946 bits per heavy atom. The van der Waals surface area contributed by atoms with Crippen molar-refractivity contribution in [2.75, 3.05) is 6.61 Å². The third-order valence-electron chi connectivity index (χ3n) is 6.65. The third-order valence-corrected chi connectivity index (χ3v) is 6.88. The molecule has 2 amide bonds. The lowest BCUT2D eigenvalue weighted by Crippen LogP contribution is -2.53. The van der Waals surface area contributed by atoms with Crippen LogP contribution in [0.5, 0.6) is 5.75 Å². The quantitative estimate of drug-likeness (QED) is 0.358. The van der Waals surface area contributed by atoms with Crippen molar-refractivity contribution in [2.24, 2.45) is 0 Å². The maximum atomic E-state index is 13.7. The SMILES string of the molecule is O=C(NC1CCCCC1)C(Cc1ccccc1)N(Cc1ccc(F)cc1)C(=O)COc1cccc(Cl)c1. The monoisotopic (exact) mass is 522 g/mol. The zero-order chi connectivity index (χ0) is 26.0. The van der Waals surface area contributed by atoms with E-state index in [1.807, 2.05) is 30.3 Å². The van der Waals surface area contributed by atoms with Crippen LogP contribution in [-0.2, 0) is 22.6 Å². The summed E-state index contributed by atoms with van der Waals surface area (Å²) < 4.78 is 19.3. The van der Waals surface area contributed by atoms with Gasteiger partial charge in [0.25, 0.3) is 5.91 Å². The number of amides is 2. The summed E-state index contributed by atoms with van der Waals surface area (Å²) in [6.07, 6.45) is 5.57. The molecule has 1 saturated carbocycles. The summed E-state index contributed by atoms with van der Waals surface area (Å²) in [5, 5.41) is 3.70. The van der Waals surface area contributed by atoms with Gasteiger partial charge in [0.05, 0.1) is 0 Å². The Bertz CT molecular complexity index is 1170. The molecule has 0 bridgehead atoms. The normalized spacial score (nSPS) is 14.5. The average Bonchev–Trinajstić information content (AvgIpc) is 2.91. The second-order valence-corrected chi connectivity index (χ2v) is 9.88. The first kappa shape index (κ1) is 26.7. The van der Waals surface area contributed by atoms with E-state index in [1.54, 1.807) is 41.3 Å². The molecule has 1 aliphatic carbocycles. The predicted octanol–water partition coefficient (Wildman–Crippen LogP) is 5.95. The van der Waals surface area contributed by atoms with E-state index in [2.05, 4.69) is 5.32 Å². The van der Waals surface area contributed by atoms with E-state index in [-0.39, 0.29) is 36.8 Å². The number of nitrogens with zero attached hydrogens (tertiary/aromatic N) is 1. The van der Waals surface area contributed by atoms with Crippen LogP contribution >= 0.6 is 11.6 Å². The highest BCUT2D eigenvalue weighted by atomic mass is 35.5. The smallest absolute Gasteiger partial charge is 0.261 e. The molecule has 0 heterocycles. The second-order valence-electron chi connectivity index (χ2n) is 9.44. The number of carbonyl (C=O) groups excluding carboxylic acids is 2. The Balaban J connectivity index is 1.60. The molecule has 4 rings (SSSR count). The van der Waals surface area contributed by atoms with Crippen LogP contribution in [0.25, 0.3) is 0 Å². The van der Waals surface area contributed by atoms with Crippen molar-refractivity contribution in [3.05, 3.63) is 101 Å². The minimum absolute atomic E-state index is 0.102. The number of benzene rings is 3. The van der Waals surface area contributed by atoms with Crippen LogP contribution in [0.3, 0.4) is 0 Å². The Morgan fingerprint density at radius 2 is 1.68 bits per heavy atom. The summed E-state index contributed by atoms with van der Waals surface area (Å²) in [6, 6.07) is 21.8. The first-order valence-corrected chi connectivity index (χ1v) is 13.1. The van der Waals surface area contributed by atoms with Crippen molar-refractivity contribution < 1.29 is 18.7 Å². The fourth-order valence-electron chi connectivity index (χ4n) is 4.67. The van der Waals surface area contributed by atoms with Crippen LogP contribution in [0.1, 0.15) is 43.2 Å².